The Bertz CT molecular complexity index is 578. The van der Waals surface area contributed by atoms with Gasteiger partial charge in [-0.2, -0.15) is 4.98 Å². The molecule has 1 saturated heterocycles. The molecule has 0 amide bonds. The first-order valence-corrected chi connectivity index (χ1v) is 7.59. The van der Waals surface area contributed by atoms with Gasteiger partial charge in [0.2, 0.25) is 11.7 Å². The topological polar surface area (TPSA) is 54.2 Å². The van der Waals surface area contributed by atoms with E-state index >= 15 is 0 Å². The molecule has 1 unspecified atom stereocenters. The van der Waals surface area contributed by atoms with Gasteiger partial charge in [-0.05, 0) is 50.7 Å². The molecule has 2 heterocycles. The van der Waals surface area contributed by atoms with Crippen LogP contribution in [0.4, 0.5) is 0 Å². The first-order valence-electron chi connectivity index (χ1n) is 7.21. The van der Waals surface area contributed by atoms with Crippen molar-refractivity contribution >= 4 is 11.6 Å². The molecule has 0 bridgehead atoms. The average molecular weight is 307 g/mol. The van der Waals surface area contributed by atoms with E-state index in [0.717, 1.165) is 18.7 Å². The van der Waals surface area contributed by atoms with Crippen molar-refractivity contribution < 1.29 is 4.52 Å². The van der Waals surface area contributed by atoms with E-state index in [2.05, 4.69) is 27.4 Å². The van der Waals surface area contributed by atoms with Gasteiger partial charge in [0, 0.05) is 23.2 Å². The molecule has 3 rings (SSSR count). The summed E-state index contributed by atoms with van der Waals surface area (Å²) in [5, 5.41) is 8.22. The molecule has 0 spiro atoms. The van der Waals surface area contributed by atoms with Crippen molar-refractivity contribution in [3.05, 3.63) is 35.2 Å². The zero-order valence-electron chi connectivity index (χ0n) is 12.1. The molecule has 2 aromatic rings. The third-order valence-corrected chi connectivity index (χ3v) is 3.92. The molecule has 1 aromatic heterocycles. The molecule has 6 heteroatoms. The number of benzene rings is 1. The predicted octanol–water partition coefficient (Wildman–Crippen LogP) is 2.57. The van der Waals surface area contributed by atoms with Crippen LogP contribution in [0.1, 0.15) is 18.7 Å². The minimum Gasteiger partial charge on any atom is -0.338 e. The molecular weight excluding hydrogens is 288 g/mol. The van der Waals surface area contributed by atoms with E-state index < -0.39 is 0 Å². The molecule has 1 atom stereocenters. The number of rotatable bonds is 5. The first kappa shape index (κ1) is 14.5. The summed E-state index contributed by atoms with van der Waals surface area (Å²) in [6.07, 6.45) is 2.50. The molecule has 1 aromatic carbocycles. The van der Waals surface area contributed by atoms with Gasteiger partial charge in [0.15, 0.2) is 0 Å². The molecule has 21 heavy (non-hydrogen) atoms. The Morgan fingerprint density at radius 2 is 2.19 bits per heavy atom. The van der Waals surface area contributed by atoms with E-state index in [4.69, 9.17) is 16.1 Å². The van der Waals surface area contributed by atoms with Crippen molar-refractivity contribution in [3.8, 4) is 11.4 Å². The van der Waals surface area contributed by atoms with E-state index in [1.54, 1.807) is 0 Å². The van der Waals surface area contributed by atoms with Gasteiger partial charge in [-0.1, -0.05) is 16.8 Å². The van der Waals surface area contributed by atoms with E-state index in [0.29, 0.717) is 29.3 Å². The maximum Gasteiger partial charge on any atom is 0.241 e. The van der Waals surface area contributed by atoms with Crippen LogP contribution in [0, 0.1) is 0 Å². The highest BCUT2D eigenvalue weighted by Gasteiger charge is 2.17. The van der Waals surface area contributed by atoms with Gasteiger partial charge in [-0.25, -0.2) is 0 Å². The van der Waals surface area contributed by atoms with Gasteiger partial charge in [-0.3, -0.25) is 4.90 Å². The number of halogens is 1. The zero-order chi connectivity index (χ0) is 14.7. The number of nitrogens with zero attached hydrogens (tertiary/aromatic N) is 3. The number of aromatic nitrogens is 2. The van der Waals surface area contributed by atoms with Crippen molar-refractivity contribution in [1.29, 1.82) is 0 Å². The smallest absolute Gasteiger partial charge is 0.241 e. The Kier molecular flexibility index (Phi) is 4.53. The lowest BCUT2D eigenvalue weighted by Gasteiger charge is -2.18. The third-order valence-electron chi connectivity index (χ3n) is 3.67. The Balaban J connectivity index is 1.60. The fraction of sp³-hybridized carbons (Fsp3) is 0.467. The molecular formula is C15H19ClN4O. The van der Waals surface area contributed by atoms with Crippen LogP contribution in [0.5, 0.6) is 0 Å². The second-order valence-corrected chi connectivity index (χ2v) is 5.95. The van der Waals surface area contributed by atoms with Gasteiger partial charge in [0.05, 0.1) is 6.54 Å². The van der Waals surface area contributed by atoms with E-state index in [-0.39, 0.29) is 0 Å². The highest BCUT2D eigenvalue weighted by molar-refractivity contribution is 6.30. The van der Waals surface area contributed by atoms with Gasteiger partial charge in [0.1, 0.15) is 0 Å². The van der Waals surface area contributed by atoms with Crippen LogP contribution >= 0.6 is 11.6 Å². The fourth-order valence-electron chi connectivity index (χ4n) is 2.62. The molecule has 5 nitrogen and oxygen atoms in total. The standard InChI is InChI=1S/C15H19ClN4O/c1-20(9-13-3-2-8-17-13)10-14-18-15(19-21-14)11-4-6-12(16)7-5-11/h4-7,13,17H,2-3,8-10H2,1H3. The largest absolute Gasteiger partial charge is 0.338 e. The van der Waals surface area contributed by atoms with Crippen LogP contribution in [-0.4, -0.2) is 41.2 Å². The molecule has 1 aliphatic rings. The minimum absolute atomic E-state index is 0.577. The van der Waals surface area contributed by atoms with Crippen molar-refractivity contribution in [1.82, 2.24) is 20.4 Å². The van der Waals surface area contributed by atoms with Crippen LogP contribution in [-0.2, 0) is 6.54 Å². The van der Waals surface area contributed by atoms with Crippen LogP contribution in [0.15, 0.2) is 28.8 Å². The van der Waals surface area contributed by atoms with E-state index in [1.165, 1.54) is 12.8 Å². The average Bonchev–Trinajstić information content (AvgIpc) is 3.11. The van der Waals surface area contributed by atoms with Crippen LogP contribution in [0.3, 0.4) is 0 Å². The van der Waals surface area contributed by atoms with Gasteiger partial charge in [0.25, 0.3) is 0 Å². The predicted molar refractivity (Wildman–Crippen MR) is 82.1 cm³/mol. The van der Waals surface area contributed by atoms with E-state index in [9.17, 15) is 0 Å². The summed E-state index contributed by atoms with van der Waals surface area (Å²) in [5.41, 5.74) is 0.912. The van der Waals surface area contributed by atoms with Gasteiger partial charge >= 0.3 is 0 Å². The molecule has 0 saturated carbocycles. The molecule has 1 fully saturated rings. The van der Waals surface area contributed by atoms with Crippen molar-refractivity contribution in [2.45, 2.75) is 25.4 Å². The summed E-state index contributed by atoms with van der Waals surface area (Å²) in [7, 11) is 2.08. The number of hydrogen-bond donors (Lipinski definition) is 1. The van der Waals surface area contributed by atoms with Crippen molar-refractivity contribution in [2.75, 3.05) is 20.1 Å². The number of nitrogens with one attached hydrogen (secondary N) is 1. The number of likely N-dealkylation sites (N-methyl/N-ethyl adjacent to an activating group) is 1. The second-order valence-electron chi connectivity index (χ2n) is 5.51. The summed E-state index contributed by atoms with van der Waals surface area (Å²) in [5.74, 6) is 1.24. The van der Waals surface area contributed by atoms with Gasteiger partial charge < -0.3 is 9.84 Å². The molecule has 0 aliphatic carbocycles. The lowest BCUT2D eigenvalue weighted by atomic mass is 10.2. The fourth-order valence-corrected chi connectivity index (χ4v) is 2.75. The monoisotopic (exact) mass is 306 g/mol. The van der Waals surface area contributed by atoms with Gasteiger partial charge in [-0.15, -0.1) is 0 Å². The first-order chi connectivity index (χ1) is 10.2. The third kappa shape index (κ3) is 3.81. The molecule has 1 aliphatic heterocycles. The van der Waals surface area contributed by atoms with Crippen molar-refractivity contribution in [3.63, 3.8) is 0 Å². The lowest BCUT2D eigenvalue weighted by molar-refractivity contribution is 0.248. The Hall–Kier alpha value is -1.43. The SMILES string of the molecule is CN(Cc1nc(-c2ccc(Cl)cc2)no1)CC1CCCN1. The van der Waals surface area contributed by atoms with Crippen LogP contribution in [0.25, 0.3) is 11.4 Å². The Morgan fingerprint density at radius 1 is 1.38 bits per heavy atom. The molecule has 0 radical (unpaired) electrons. The minimum atomic E-state index is 0.577. The highest BCUT2D eigenvalue weighted by Crippen LogP contribution is 2.19. The summed E-state index contributed by atoms with van der Waals surface area (Å²) < 4.78 is 5.33. The Morgan fingerprint density at radius 3 is 2.90 bits per heavy atom. The van der Waals surface area contributed by atoms with Crippen LogP contribution < -0.4 is 5.32 Å². The highest BCUT2D eigenvalue weighted by atomic mass is 35.5. The summed E-state index contributed by atoms with van der Waals surface area (Å²) in [6.45, 7) is 2.79. The second kappa shape index (κ2) is 6.56. The maximum absolute atomic E-state index is 5.88. The maximum atomic E-state index is 5.88. The number of hydrogen-bond acceptors (Lipinski definition) is 5. The molecule has 1 N–H and O–H groups in total. The zero-order valence-corrected chi connectivity index (χ0v) is 12.8. The summed E-state index contributed by atoms with van der Waals surface area (Å²) in [6, 6.07) is 8.01. The van der Waals surface area contributed by atoms with E-state index in [1.807, 2.05) is 24.3 Å². The lowest BCUT2D eigenvalue weighted by Crippen LogP contribution is -2.35. The normalized spacial score (nSPS) is 18.5. The van der Waals surface area contributed by atoms with Crippen molar-refractivity contribution in [2.24, 2.45) is 0 Å². The van der Waals surface area contributed by atoms with Crippen LogP contribution in [0.2, 0.25) is 5.02 Å². The summed E-state index contributed by atoms with van der Waals surface area (Å²) >= 11 is 5.88. The summed E-state index contributed by atoms with van der Waals surface area (Å²) in [4.78, 5) is 6.65. The quantitative estimate of drug-likeness (QED) is 0.920. The Labute approximate surface area is 129 Å². The molecule has 112 valence electrons.